The van der Waals surface area contributed by atoms with E-state index in [9.17, 15) is 4.79 Å². The smallest absolute Gasteiger partial charge is 0.233 e. The Morgan fingerprint density at radius 3 is 2.33 bits per heavy atom. The highest BCUT2D eigenvalue weighted by Crippen LogP contribution is 2.24. The first-order chi connectivity index (χ1) is 8.56. The van der Waals surface area contributed by atoms with Crippen molar-refractivity contribution >= 4 is 23.4 Å². The van der Waals surface area contributed by atoms with E-state index < -0.39 is 0 Å². The van der Waals surface area contributed by atoms with Crippen molar-refractivity contribution in [2.45, 2.75) is 49.8 Å². The number of nitrogens with one attached hydrogen (secondary N) is 1. The summed E-state index contributed by atoms with van der Waals surface area (Å²) in [6.07, 6.45) is 1.95. The number of carbonyl (C=O) groups excluding carboxylic acids is 1. The van der Waals surface area contributed by atoms with Gasteiger partial charge in [-0.25, -0.2) is 0 Å². The molecule has 1 rings (SSSR count). The highest BCUT2D eigenvalue weighted by molar-refractivity contribution is 8.00. The molecule has 0 aliphatic carbocycles. The van der Waals surface area contributed by atoms with Crippen LogP contribution in [0.5, 0.6) is 0 Å². The highest BCUT2D eigenvalue weighted by Gasteiger charge is 2.16. The van der Waals surface area contributed by atoms with Gasteiger partial charge in [0.05, 0.1) is 5.25 Å². The zero-order chi connectivity index (χ0) is 13.5. The zero-order valence-electron chi connectivity index (χ0n) is 11.3. The summed E-state index contributed by atoms with van der Waals surface area (Å²) in [7, 11) is 0. The van der Waals surface area contributed by atoms with Gasteiger partial charge in [-0.2, -0.15) is 0 Å². The van der Waals surface area contributed by atoms with Gasteiger partial charge in [0.1, 0.15) is 0 Å². The summed E-state index contributed by atoms with van der Waals surface area (Å²) in [6.45, 7) is 6.11. The van der Waals surface area contributed by atoms with Crippen LogP contribution in [-0.2, 0) is 4.79 Å². The van der Waals surface area contributed by atoms with E-state index in [2.05, 4.69) is 19.2 Å². The van der Waals surface area contributed by atoms with Crippen molar-refractivity contribution in [2.24, 2.45) is 0 Å². The molecule has 0 spiro atoms. The maximum absolute atomic E-state index is 12.0. The molecule has 1 aromatic carbocycles. The van der Waals surface area contributed by atoms with Crippen LogP contribution in [0, 0.1) is 0 Å². The molecule has 18 heavy (non-hydrogen) atoms. The fourth-order valence-corrected chi connectivity index (χ4v) is 2.49. The molecule has 1 unspecified atom stereocenters. The topological polar surface area (TPSA) is 55.1 Å². The van der Waals surface area contributed by atoms with E-state index in [-0.39, 0.29) is 17.2 Å². The molecule has 3 nitrogen and oxygen atoms in total. The van der Waals surface area contributed by atoms with E-state index in [4.69, 9.17) is 5.73 Å². The van der Waals surface area contributed by atoms with Gasteiger partial charge in [0.15, 0.2) is 0 Å². The molecule has 0 aromatic heterocycles. The molecule has 3 N–H and O–H groups in total. The van der Waals surface area contributed by atoms with Gasteiger partial charge in [0.2, 0.25) is 5.91 Å². The fourth-order valence-electron chi connectivity index (χ4n) is 1.62. The van der Waals surface area contributed by atoms with Crippen molar-refractivity contribution < 1.29 is 4.79 Å². The molecule has 0 fully saturated rings. The van der Waals surface area contributed by atoms with Crippen LogP contribution in [0.3, 0.4) is 0 Å². The molecule has 1 amide bonds. The summed E-state index contributed by atoms with van der Waals surface area (Å²) in [5.74, 6) is 0.102. The summed E-state index contributed by atoms with van der Waals surface area (Å²) in [4.78, 5) is 13.1. The standard InChI is InChI=1S/C14H22N2OS/c1-4-12(5-2)16-14(17)10(3)18-13-8-6-11(15)7-9-13/h6-10,12H,4-5,15H2,1-3H3,(H,16,17). The summed E-state index contributed by atoms with van der Waals surface area (Å²) >= 11 is 1.56. The van der Waals surface area contributed by atoms with Gasteiger partial charge in [-0.1, -0.05) is 13.8 Å². The Bertz CT molecular complexity index is 374. The molecule has 1 atom stereocenters. The predicted octanol–water partition coefficient (Wildman–Crippen LogP) is 3.05. The fraction of sp³-hybridized carbons (Fsp3) is 0.500. The minimum atomic E-state index is -0.0887. The molecule has 4 heteroatoms. The molecule has 0 saturated carbocycles. The third-order valence-electron chi connectivity index (χ3n) is 2.89. The first kappa shape index (κ1) is 14.9. The van der Waals surface area contributed by atoms with Gasteiger partial charge in [-0.3, -0.25) is 4.79 Å². The zero-order valence-corrected chi connectivity index (χ0v) is 12.1. The lowest BCUT2D eigenvalue weighted by Gasteiger charge is -2.18. The normalized spacial score (nSPS) is 12.4. The van der Waals surface area contributed by atoms with Gasteiger partial charge >= 0.3 is 0 Å². The summed E-state index contributed by atoms with van der Waals surface area (Å²) in [5.41, 5.74) is 6.37. The van der Waals surface area contributed by atoms with Crippen LogP contribution in [0.25, 0.3) is 0 Å². The maximum atomic E-state index is 12.0. The van der Waals surface area contributed by atoms with Crippen LogP contribution < -0.4 is 11.1 Å². The lowest BCUT2D eigenvalue weighted by Crippen LogP contribution is -2.38. The van der Waals surface area contributed by atoms with E-state index in [1.54, 1.807) is 11.8 Å². The van der Waals surface area contributed by atoms with E-state index >= 15 is 0 Å². The molecule has 0 aliphatic heterocycles. The van der Waals surface area contributed by atoms with Gasteiger partial charge in [-0.05, 0) is 44.0 Å². The largest absolute Gasteiger partial charge is 0.399 e. The lowest BCUT2D eigenvalue weighted by molar-refractivity contribution is -0.121. The van der Waals surface area contributed by atoms with Crippen LogP contribution in [0.15, 0.2) is 29.2 Å². The minimum absolute atomic E-state index is 0.0887. The number of thioether (sulfide) groups is 1. The monoisotopic (exact) mass is 266 g/mol. The average Bonchev–Trinajstić information content (AvgIpc) is 2.38. The van der Waals surface area contributed by atoms with Crippen molar-refractivity contribution in [2.75, 3.05) is 5.73 Å². The van der Waals surface area contributed by atoms with Crippen LogP contribution in [0.1, 0.15) is 33.6 Å². The quantitative estimate of drug-likeness (QED) is 0.614. The van der Waals surface area contributed by atoms with Crippen LogP contribution in [0.4, 0.5) is 5.69 Å². The lowest BCUT2D eigenvalue weighted by atomic mass is 10.2. The van der Waals surface area contributed by atoms with Crippen molar-refractivity contribution in [1.29, 1.82) is 0 Å². The van der Waals surface area contributed by atoms with Crippen molar-refractivity contribution in [1.82, 2.24) is 5.32 Å². The Labute approximate surface area is 114 Å². The second-order valence-corrected chi connectivity index (χ2v) is 5.77. The molecule has 0 radical (unpaired) electrons. The number of hydrogen-bond donors (Lipinski definition) is 2. The Kier molecular flexibility index (Phi) is 6.05. The third-order valence-corrected chi connectivity index (χ3v) is 4.01. The van der Waals surface area contributed by atoms with Gasteiger partial charge in [0, 0.05) is 16.6 Å². The van der Waals surface area contributed by atoms with Crippen LogP contribution in [0.2, 0.25) is 0 Å². The Morgan fingerprint density at radius 1 is 1.28 bits per heavy atom. The molecule has 0 saturated heterocycles. The van der Waals surface area contributed by atoms with Crippen LogP contribution >= 0.6 is 11.8 Å². The van der Waals surface area contributed by atoms with Gasteiger partial charge in [-0.15, -0.1) is 11.8 Å². The molecular weight excluding hydrogens is 244 g/mol. The summed E-state index contributed by atoms with van der Waals surface area (Å²) < 4.78 is 0. The van der Waals surface area contributed by atoms with Crippen molar-refractivity contribution in [3.8, 4) is 0 Å². The van der Waals surface area contributed by atoms with Crippen LogP contribution in [-0.4, -0.2) is 17.2 Å². The molecule has 1 aromatic rings. The highest BCUT2D eigenvalue weighted by atomic mass is 32.2. The number of hydrogen-bond acceptors (Lipinski definition) is 3. The third kappa shape index (κ3) is 4.61. The second kappa shape index (κ2) is 7.31. The number of benzene rings is 1. The molecular formula is C14H22N2OS. The van der Waals surface area contributed by atoms with Crippen molar-refractivity contribution in [3.63, 3.8) is 0 Å². The Balaban J connectivity index is 2.51. The predicted molar refractivity (Wildman–Crippen MR) is 78.7 cm³/mol. The number of amides is 1. The summed E-state index contributed by atoms with van der Waals surface area (Å²) in [6, 6.07) is 7.88. The van der Waals surface area contributed by atoms with Crippen molar-refractivity contribution in [3.05, 3.63) is 24.3 Å². The number of rotatable bonds is 6. The van der Waals surface area contributed by atoms with Gasteiger partial charge in [0.25, 0.3) is 0 Å². The average molecular weight is 266 g/mol. The SMILES string of the molecule is CCC(CC)NC(=O)C(C)Sc1ccc(N)cc1. The Morgan fingerprint density at radius 2 is 1.83 bits per heavy atom. The molecule has 100 valence electrons. The molecule has 0 heterocycles. The van der Waals surface area contributed by atoms with E-state index in [1.807, 2.05) is 31.2 Å². The first-order valence-electron chi connectivity index (χ1n) is 6.39. The Hall–Kier alpha value is -1.16. The number of nitrogens with two attached hydrogens (primary N) is 1. The molecule has 0 bridgehead atoms. The number of anilines is 1. The van der Waals surface area contributed by atoms with E-state index in [0.29, 0.717) is 0 Å². The first-order valence-corrected chi connectivity index (χ1v) is 7.27. The molecule has 0 aliphatic rings. The number of nitrogen functional groups attached to an aromatic ring is 1. The minimum Gasteiger partial charge on any atom is -0.399 e. The summed E-state index contributed by atoms with van der Waals surface area (Å²) in [5, 5.41) is 2.97. The maximum Gasteiger partial charge on any atom is 0.233 e. The van der Waals surface area contributed by atoms with Gasteiger partial charge < -0.3 is 11.1 Å². The van der Waals surface area contributed by atoms with E-state index in [1.165, 1.54) is 0 Å². The second-order valence-electron chi connectivity index (χ2n) is 4.35. The number of carbonyl (C=O) groups is 1. The van der Waals surface area contributed by atoms with E-state index in [0.717, 1.165) is 23.4 Å².